The lowest BCUT2D eigenvalue weighted by molar-refractivity contribution is -0.123. The molecule has 49 heavy (non-hydrogen) atoms. The number of phosphoric acid groups is 1. The number of hydrogen-bond acceptors (Lipinski definition) is 6. The third-order valence-corrected chi connectivity index (χ3v) is 10.0. The summed E-state index contributed by atoms with van der Waals surface area (Å²) in [4.78, 5) is 22.6. The molecule has 0 aromatic carbocycles. The third kappa shape index (κ3) is 35.2. The molecular weight excluding hydrogens is 635 g/mol. The highest BCUT2D eigenvalue weighted by molar-refractivity contribution is 7.47. The lowest BCUT2D eigenvalue weighted by atomic mass is 10.0. The van der Waals surface area contributed by atoms with Crippen molar-refractivity contribution in [1.82, 2.24) is 5.32 Å². The van der Waals surface area contributed by atoms with Crippen molar-refractivity contribution in [1.29, 1.82) is 0 Å². The molecule has 3 atom stereocenters. The number of aliphatic hydroxyl groups excluding tert-OH is 1. The van der Waals surface area contributed by atoms with Crippen LogP contribution in [0.25, 0.3) is 0 Å². The predicted octanol–water partition coefficient (Wildman–Crippen LogP) is 11.0. The number of carbonyl (C=O) groups is 1. The molecule has 3 unspecified atom stereocenters. The van der Waals surface area contributed by atoms with Gasteiger partial charge in [-0.05, 0) is 32.1 Å². The molecule has 0 spiro atoms. The van der Waals surface area contributed by atoms with E-state index in [9.17, 15) is 19.4 Å². The van der Waals surface area contributed by atoms with Crippen molar-refractivity contribution in [2.45, 2.75) is 206 Å². The number of unbranched alkanes of at least 4 members (excludes halogenated alkanes) is 24. The van der Waals surface area contributed by atoms with Gasteiger partial charge in [0.15, 0.2) is 0 Å². The van der Waals surface area contributed by atoms with Crippen LogP contribution in [-0.4, -0.2) is 47.8 Å². The fourth-order valence-corrected chi connectivity index (χ4v) is 6.67. The summed E-state index contributed by atoms with van der Waals surface area (Å²) in [5.41, 5.74) is 5.35. The minimum absolute atomic E-state index is 0.0756. The summed E-state index contributed by atoms with van der Waals surface area (Å²) < 4.78 is 22.0. The standard InChI is InChI=1S/C40H79N2O6P/c1-3-5-7-9-11-13-15-16-17-18-19-20-21-22-24-26-28-30-32-34-40(44)42-38(37-48-49(45,46)47-36-35-41)39(43)33-31-29-27-25-23-14-12-10-8-6-4-2/h23,25,31,33,38-39,43H,3-22,24,26-30,32,34-37,41H2,1-2H3,(H,42,44)(H,45,46)/b25-23+,33-31+. The molecule has 8 nitrogen and oxygen atoms in total. The van der Waals surface area contributed by atoms with Crippen LogP contribution in [0.15, 0.2) is 24.3 Å². The van der Waals surface area contributed by atoms with Gasteiger partial charge < -0.3 is 21.1 Å². The van der Waals surface area contributed by atoms with Crippen LogP contribution in [0.3, 0.4) is 0 Å². The third-order valence-electron chi connectivity index (χ3n) is 9.03. The number of nitrogens with one attached hydrogen (secondary N) is 1. The molecule has 290 valence electrons. The highest BCUT2D eigenvalue weighted by atomic mass is 31.2. The molecule has 0 aliphatic rings. The maximum absolute atomic E-state index is 12.7. The number of allylic oxidation sites excluding steroid dienone is 3. The van der Waals surface area contributed by atoms with Gasteiger partial charge in [0.2, 0.25) is 5.91 Å². The Balaban J connectivity index is 4.18. The number of rotatable bonds is 38. The van der Waals surface area contributed by atoms with Crippen molar-refractivity contribution >= 4 is 13.7 Å². The number of carbonyl (C=O) groups excluding carboxylic acids is 1. The number of hydrogen-bond donors (Lipinski definition) is 4. The molecule has 5 N–H and O–H groups in total. The first-order valence-electron chi connectivity index (χ1n) is 20.5. The largest absolute Gasteiger partial charge is 0.472 e. The van der Waals surface area contributed by atoms with Crippen molar-refractivity contribution < 1.29 is 28.4 Å². The summed E-state index contributed by atoms with van der Waals surface area (Å²) >= 11 is 0. The van der Waals surface area contributed by atoms with Gasteiger partial charge in [-0.1, -0.05) is 179 Å². The molecule has 9 heteroatoms. The Morgan fingerprint density at radius 2 is 1.08 bits per heavy atom. The molecule has 0 saturated carbocycles. The Labute approximate surface area is 302 Å². The first kappa shape index (κ1) is 48.0. The van der Waals surface area contributed by atoms with Crippen LogP contribution in [-0.2, 0) is 18.4 Å². The van der Waals surface area contributed by atoms with E-state index in [2.05, 4.69) is 31.3 Å². The Morgan fingerprint density at radius 1 is 0.653 bits per heavy atom. The van der Waals surface area contributed by atoms with Crippen LogP contribution in [0, 0.1) is 0 Å². The minimum atomic E-state index is -4.34. The number of aliphatic hydroxyl groups is 1. The molecule has 0 aliphatic carbocycles. The summed E-state index contributed by atoms with van der Waals surface area (Å²) in [6.45, 7) is 4.09. The second-order valence-electron chi connectivity index (χ2n) is 13.8. The van der Waals surface area contributed by atoms with Gasteiger partial charge in [-0.2, -0.15) is 0 Å². The zero-order valence-corrected chi connectivity index (χ0v) is 32.8. The van der Waals surface area contributed by atoms with E-state index in [4.69, 9.17) is 14.8 Å². The van der Waals surface area contributed by atoms with Crippen LogP contribution in [0.2, 0.25) is 0 Å². The highest BCUT2D eigenvalue weighted by Gasteiger charge is 2.26. The molecule has 0 saturated heterocycles. The van der Waals surface area contributed by atoms with E-state index in [1.807, 2.05) is 6.08 Å². The van der Waals surface area contributed by atoms with Gasteiger partial charge >= 0.3 is 7.82 Å². The molecule has 0 aliphatic heterocycles. The van der Waals surface area contributed by atoms with E-state index in [-0.39, 0.29) is 25.7 Å². The normalized spacial score (nSPS) is 14.5. The van der Waals surface area contributed by atoms with E-state index in [0.29, 0.717) is 6.42 Å². The minimum Gasteiger partial charge on any atom is -0.387 e. The molecule has 0 rings (SSSR count). The molecule has 0 fully saturated rings. The van der Waals surface area contributed by atoms with Crippen molar-refractivity contribution in [3.8, 4) is 0 Å². The lowest BCUT2D eigenvalue weighted by Crippen LogP contribution is -2.45. The molecule has 0 radical (unpaired) electrons. The van der Waals surface area contributed by atoms with E-state index in [1.165, 1.54) is 135 Å². The van der Waals surface area contributed by atoms with Crippen molar-refractivity contribution in [3.63, 3.8) is 0 Å². The number of amides is 1. The van der Waals surface area contributed by atoms with Crippen molar-refractivity contribution in [2.24, 2.45) is 5.73 Å². The molecule has 0 bridgehead atoms. The molecular formula is C40H79N2O6P. The quantitative estimate of drug-likeness (QED) is 0.0284. The summed E-state index contributed by atoms with van der Waals surface area (Å²) in [7, 11) is -4.34. The maximum Gasteiger partial charge on any atom is 0.472 e. The molecule has 0 aromatic heterocycles. The second-order valence-corrected chi connectivity index (χ2v) is 15.3. The van der Waals surface area contributed by atoms with Crippen molar-refractivity contribution in [2.75, 3.05) is 19.8 Å². The van der Waals surface area contributed by atoms with E-state index in [0.717, 1.165) is 38.5 Å². The second kappa shape index (κ2) is 36.8. The van der Waals surface area contributed by atoms with Gasteiger partial charge in [0.1, 0.15) is 0 Å². The van der Waals surface area contributed by atoms with Gasteiger partial charge in [0, 0.05) is 13.0 Å². The zero-order valence-electron chi connectivity index (χ0n) is 31.9. The number of nitrogens with two attached hydrogens (primary N) is 1. The van der Waals surface area contributed by atoms with Crippen LogP contribution >= 0.6 is 7.82 Å². The van der Waals surface area contributed by atoms with Gasteiger partial charge in [-0.3, -0.25) is 13.8 Å². The van der Waals surface area contributed by atoms with Crippen LogP contribution in [0.4, 0.5) is 0 Å². The van der Waals surface area contributed by atoms with Gasteiger partial charge in [-0.15, -0.1) is 0 Å². The van der Waals surface area contributed by atoms with E-state index in [1.54, 1.807) is 6.08 Å². The maximum atomic E-state index is 12.7. The van der Waals surface area contributed by atoms with Gasteiger partial charge in [0.05, 0.1) is 25.4 Å². The lowest BCUT2D eigenvalue weighted by Gasteiger charge is -2.23. The SMILES string of the molecule is CCCCCCC/C=C/CC/C=C/C(O)C(COP(=O)(O)OCCN)NC(=O)CCCCCCCCCCCCCCCCCCCCC. The Morgan fingerprint density at radius 3 is 1.57 bits per heavy atom. The predicted molar refractivity (Wildman–Crippen MR) is 208 cm³/mol. The Hall–Kier alpha value is -1.02. The average Bonchev–Trinajstić information content (AvgIpc) is 3.09. The molecule has 1 amide bonds. The van der Waals surface area contributed by atoms with Crippen molar-refractivity contribution in [3.05, 3.63) is 24.3 Å². The monoisotopic (exact) mass is 715 g/mol. The van der Waals surface area contributed by atoms with Gasteiger partial charge in [0.25, 0.3) is 0 Å². The van der Waals surface area contributed by atoms with E-state index < -0.39 is 20.0 Å². The summed E-state index contributed by atoms with van der Waals surface area (Å²) in [5.74, 6) is -0.203. The molecule has 0 heterocycles. The highest BCUT2D eigenvalue weighted by Crippen LogP contribution is 2.43. The first-order valence-corrected chi connectivity index (χ1v) is 22.0. The Bertz CT molecular complexity index is 825. The van der Waals surface area contributed by atoms with Crippen LogP contribution < -0.4 is 11.1 Å². The summed E-state index contributed by atoms with van der Waals surface area (Å²) in [5, 5.41) is 13.6. The van der Waals surface area contributed by atoms with Crippen LogP contribution in [0.1, 0.15) is 194 Å². The smallest absolute Gasteiger partial charge is 0.387 e. The van der Waals surface area contributed by atoms with E-state index >= 15 is 0 Å². The summed E-state index contributed by atoms with van der Waals surface area (Å²) in [6.07, 6.45) is 40.9. The fraction of sp³-hybridized carbons (Fsp3) is 0.875. The Kier molecular flexibility index (Phi) is 36.0. The first-order chi connectivity index (χ1) is 23.9. The molecule has 0 aromatic rings. The number of phosphoric ester groups is 1. The van der Waals surface area contributed by atoms with Crippen LogP contribution in [0.5, 0.6) is 0 Å². The van der Waals surface area contributed by atoms with Gasteiger partial charge in [-0.25, -0.2) is 4.57 Å². The fourth-order valence-electron chi connectivity index (χ4n) is 5.91. The zero-order chi connectivity index (χ0) is 36.1. The topological polar surface area (TPSA) is 131 Å². The average molecular weight is 715 g/mol. The summed E-state index contributed by atoms with van der Waals surface area (Å²) in [6, 6.07) is -0.871.